The summed E-state index contributed by atoms with van der Waals surface area (Å²) in [7, 11) is 2.08. The average Bonchev–Trinajstić information content (AvgIpc) is 2.88. The molecule has 3 nitrogen and oxygen atoms in total. The first-order valence-electron chi connectivity index (χ1n) is 6.86. The first-order valence-corrected chi connectivity index (χ1v) is 6.86. The van der Waals surface area contributed by atoms with Gasteiger partial charge in [0.2, 0.25) is 0 Å². The molecule has 0 unspecified atom stereocenters. The van der Waals surface area contributed by atoms with Crippen molar-refractivity contribution in [1.82, 2.24) is 4.98 Å². The normalized spacial score (nSPS) is 10.8. The number of benzene rings is 2. The maximum absolute atomic E-state index is 6.01. The molecule has 0 aliphatic carbocycles. The Bertz CT molecular complexity index is 715. The molecule has 0 saturated carbocycles. The maximum atomic E-state index is 6.01. The van der Waals surface area contributed by atoms with Crippen molar-refractivity contribution in [2.24, 2.45) is 0 Å². The van der Waals surface area contributed by atoms with Gasteiger partial charge >= 0.3 is 0 Å². The highest BCUT2D eigenvalue weighted by atomic mass is 15.1. The molecule has 0 saturated heterocycles. The number of para-hydroxylation sites is 3. The van der Waals surface area contributed by atoms with Gasteiger partial charge in [-0.25, -0.2) is 0 Å². The van der Waals surface area contributed by atoms with Crippen LogP contribution in [0, 0.1) is 0 Å². The number of nitrogens with zero attached hydrogens (tertiary/aromatic N) is 1. The molecule has 0 atom stereocenters. The van der Waals surface area contributed by atoms with Crippen molar-refractivity contribution >= 4 is 22.3 Å². The summed E-state index contributed by atoms with van der Waals surface area (Å²) in [5, 5.41) is 1.31. The second-order valence-corrected chi connectivity index (χ2v) is 5.09. The molecular formula is C17H19N3. The molecule has 0 bridgehead atoms. The Kier molecular flexibility index (Phi) is 3.33. The SMILES string of the molecule is CN(CCc1c[nH]c2ccccc12)c1ccccc1N. The van der Waals surface area contributed by atoms with Crippen LogP contribution in [0.15, 0.2) is 54.7 Å². The van der Waals surface area contributed by atoms with Gasteiger partial charge in [0.25, 0.3) is 0 Å². The molecule has 20 heavy (non-hydrogen) atoms. The van der Waals surface area contributed by atoms with E-state index in [-0.39, 0.29) is 0 Å². The topological polar surface area (TPSA) is 45.0 Å². The van der Waals surface area contributed by atoms with Gasteiger partial charge in [0.05, 0.1) is 11.4 Å². The van der Waals surface area contributed by atoms with E-state index in [0.29, 0.717) is 0 Å². The zero-order valence-corrected chi connectivity index (χ0v) is 11.6. The molecule has 3 aromatic rings. The molecule has 3 rings (SSSR count). The number of aromatic amines is 1. The van der Waals surface area contributed by atoms with E-state index in [1.54, 1.807) is 0 Å². The molecule has 2 aromatic carbocycles. The van der Waals surface area contributed by atoms with Gasteiger partial charge in [-0.2, -0.15) is 0 Å². The number of likely N-dealkylation sites (N-methyl/N-ethyl adjacent to an activating group) is 1. The van der Waals surface area contributed by atoms with Crippen molar-refractivity contribution in [2.75, 3.05) is 24.2 Å². The van der Waals surface area contributed by atoms with Crippen LogP contribution in [-0.4, -0.2) is 18.6 Å². The van der Waals surface area contributed by atoms with Crippen LogP contribution in [0.4, 0.5) is 11.4 Å². The fraction of sp³-hybridized carbons (Fsp3) is 0.176. The predicted molar refractivity (Wildman–Crippen MR) is 86.1 cm³/mol. The number of nitrogens with one attached hydrogen (secondary N) is 1. The molecule has 0 aliphatic rings. The van der Waals surface area contributed by atoms with Crippen molar-refractivity contribution in [3.63, 3.8) is 0 Å². The number of H-pyrrole nitrogens is 1. The Morgan fingerprint density at radius 3 is 2.65 bits per heavy atom. The first kappa shape index (κ1) is 12.6. The molecular weight excluding hydrogens is 246 g/mol. The summed E-state index contributed by atoms with van der Waals surface area (Å²) in [5.41, 5.74) is 10.5. The van der Waals surface area contributed by atoms with Crippen LogP contribution in [0.2, 0.25) is 0 Å². The summed E-state index contributed by atoms with van der Waals surface area (Å²) in [6.45, 7) is 0.941. The summed E-state index contributed by atoms with van der Waals surface area (Å²) < 4.78 is 0. The van der Waals surface area contributed by atoms with Gasteiger partial charge in [-0.3, -0.25) is 0 Å². The van der Waals surface area contributed by atoms with E-state index < -0.39 is 0 Å². The minimum absolute atomic E-state index is 0.828. The van der Waals surface area contributed by atoms with Crippen molar-refractivity contribution in [3.8, 4) is 0 Å². The van der Waals surface area contributed by atoms with E-state index in [9.17, 15) is 0 Å². The van der Waals surface area contributed by atoms with Gasteiger partial charge in [0, 0.05) is 30.7 Å². The van der Waals surface area contributed by atoms with E-state index in [1.165, 1.54) is 16.5 Å². The molecule has 0 amide bonds. The van der Waals surface area contributed by atoms with Crippen LogP contribution in [0.25, 0.3) is 10.9 Å². The lowest BCUT2D eigenvalue weighted by Crippen LogP contribution is -2.21. The highest BCUT2D eigenvalue weighted by Crippen LogP contribution is 2.23. The Hall–Kier alpha value is -2.42. The first-order chi connectivity index (χ1) is 9.75. The predicted octanol–water partition coefficient (Wildman–Crippen LogP) is 3.43. The second kappa shape index (κ2) is 5.29. The second-order valence-electron chi connectivity index (χ2n) is 5.09. The van der Waals surface area contributed by atoms with Gasteiger partial charge in [-0.1, -0.05) is 30.3 Å². The number of aromatic nitrogens is 1. The van der Waals surface area contributed by atoms with Crippen LogP contribution in [0.1, 0.15) is 5.56 Å². The van der Waals surface area contributed by atoms with Gasteiger partial charge < -0.3 is 15.6 Å². The van der Waals surface area contributed by atoms with E-state index in [2.05, 4.69) is 53.5 Å². The van der Waals surface area contributed by atoms with Gasteiger partial charge in [-0.15, -0.1) is 0 Å². The number of anilines is 2. The summed E-state index contributed by atoms with van der Waals surface area (Å²) in [5.74, 6) is 0. The monoisotopic (exact) mass is 265 g/mol. The van der Waals surface area contributed by atoms with Crippen molar-refractivity contribution in [3.05, 3.63) is 60.3 Å². The summed E-state index contributed by atoms with van der Waals surface area (Å²) in [4.78, 5) is 5.53. The molecule has 102 valence electrons. The Morgan fingerprint density at radius 1 is 1.05 bits per heavy atom. The molecule has 0 radical (unpaired) electrons. The molecule has 0 fully saturated rings. The fourth-order valence-corrected chi connectivity index (χ4v) is 2.58. The number of hydrogen-bond donors (Lipinski definition) is 2. The Labute approximate surface area is 119 Å². The number of nitrogen functional groups attached to an aromatic ring is 1. The third-order valence-corrected chi connectivity index (χ3v) is 3.74. The third-order valence-electron chi connectivity index (χ3n) is 3.74. The van der Waals surface area contributed by atoms with Crippen LogP contribution in [-0.2, 0) is 6.42 Å². The standard InChI is InChI=1S/C17H19N3/c1-20(17-9-5-3-7-15(17)18)11-10-13-12-19-16-8-4-2-6-14(13)16/h2-9,12,19H,10-11,18H2,1H3. The number of hydrogen-bond acceptors (Lipinski definition) is 2. The zero-order valence-electron chi connectivity index (χ0n) is 11.6. The van der Waals surface area contributed by atoms with E-state index >= 15 is 0 Å². The summed E-state index contributed by atoms with van der Waals surface area (Å²) in [6, 6.07) is 16.4. The van der Waals surface area contributed by atoms with E-state index in [0.717, 1.165) is 24.3 Å². The summed E-state index contributed by atoms with van der Waals surface area (Å²) in [6.07, 6.45) is 3.10. The summed E-state index contributed by atoms with van der Waals surface area (Å²) >= 11 is 0. The molecule has 1 aromatic heterocycles. The molecule has 0 spiro atoms. The number of fused-ring (bicyclic) bond motifs is 1. The van der Waals surface area contributed by atoms with Crippen molar-refractivity contribution in [1.29, 1.82) is 0 Å². The van der Waals surface area contributed by atoms with Gasteiger partial charge in [-0.05, 0) is 30.2 Å². The van der Waals surface area contributed by atoms with Crippen molar-refractivity contribution in [2.45, 2.75) is 6.42 Å². The van der Waals surface area contributed by atoms with Gasteiger partial charge in [0.15, 0.2) is 0 Å². The molecule has 1 heterocycles. The minimum atomic E-state index is 0.828. The Morgan fingerprint density at radius 2 is 1.80 bits per heavy atom. The lowest BCUT2D eigenvalue weighted by atomic mass is 10.1. The highest BCUT2D eigenvalue weighted by Gasteiger charge is 2.07. The average molecular weight is 265 g/mol. The molecule has 0 aliphatic heterocycles. The lowest BCUT2D eigenvalue weighted by molar-refractivity contribution is 0.882. The largest absolute Gasteiger partial charge is 0.397 e. The fourth-order valence-electron chi connectivity index (χ4n) is 2.58. The van der Waals surface area contributed by atoms with Crippen molar-refractivity contribution < 1.29 is 0 Å². The molecule has 3 heteroatoms. The highest BCUT2D eigenvalue weighted by molar-refractivity contribution is 5.83. The van der Waals surface area contributed by atoms with Crippen LogP contribution in [0.5, 0.6) is 0 Å². The smallest absolute Gasteiger partial charge is 0.0597 e. The van der Waals surface area contributed by atoms with E-state index in [1.807, 2.05) is 18.2 Å². The van der Waals surface area contributed by atoms with Gasteiger partial charge in [0.1, 0.15) is 0 Å². The third kappa shape index (κ3) is 2.35. The van der Waals surface area contributed by atoms with Crippen LogP contribution < -0.4 is 10.6 Å². The number of rotatable bonds is 4. The van der Waals surface area contributed by atoms with Crippen LogP contribution in [0.3, 0.4) is 0 Å². The minimum Gasteiger partial charge on any atom is -0.397 e. The lowest BCUT2D eigenvalue weighted by Gasteiger charge is -2.20. The molecule has 3 N–H and O–H groups in total. The zero-order chi connectivity index (χ0) is 13.9. The van der Waals surface area contributed by atoms with E-state index in [4.69, 9.17) is 5.73 Å². The van der Waals surface area contributed by atoms with Crippen LogP contribution >= 0.6 is 0 Å². The quantitative estimate of drug-likeness (QED) is 0.710. The Balaban J connectivity index is 1.75. The number of nitrogens with two attached hydrogens (primary N) is 1. The maximum Gasteiger partial charge on any atom is 0.0597 e.